The first-order valence-corrected chi connectivity index (χ1v) is 9.49. The molecule has 1 aliphatic heterocycles. The predicted molar refractivity (Wildman–Crippen MR) is 106 cm³/mol. The van der Waals surface area contributed by atoms with Crippen molar-refractivity contribution < 1.29 is 28.7 Å². The van der Waals surface area contributed by atoms with Gasteiger partial charge in [-0.25, -0.2) is 4.79 Å². The van der Waals surface area contributed by atoms with Crippen LogP contribution >= 0.6 is 0 Å². The van der Waals surface area contributed by atoms with Gasteiger partial charge in [-0.05, 0) is 11.0 Å². The Morgan fingerprint density at radius 3 is 2.53 bits per heavy atom. The lowest BCUT2D eigenvalue weighted by atomic mass is 9.70. The normalized spacial score (nSPS) is 20.5. The number of nitro benzene ring substituents is 1. The zero-order chi connectivity index (χ0) is 22.1. The molecule has 0 amide bonds. The highest BCUT2D eigenvalue weighted by molar-refractivity contribution is 6.03. The van der Waals surface area contributed by atoms with Crippen LogP contribution in [0.2, 0.25) is 0 Å². The number of ether oxygens (including phenoxy) is 3. The van der Waals surface area contributed by atoms with E-state index in [-0.39, 0.29) is 48.0 Å². The molecule has 9 heteroatoms. The van der Waals surface area contributed by atoms with E-state index >= 15 is 0 Å². The van der Waals surface area contributed by atoms with E-state index < -0.39 is 16.8 Å². The Kier molecular flexibility index (Phi) is 5.93. The fraction of sp³-hybridized carbons (Fsp3) is 0.429. The number of non-ortho nitro benzene ring substituents is 1. The molecule has 0 radical (unpaired) electrons. The van der Waals surface area contributed by atoms with Crippen molar-refractivity contribution in [1.82, 2.24) is 0 Å². The van der Waals surface area contributed by atoms with Crippen LogP contribution in [0, 0.1) is 15.5 Å². The number of rotatable bonds is 6. The summed E-state index contributed by atoms with van der Waals surface area (Å²) in [7, 11) is 1.48. The number of hydrogen-bond acceptors (Lipinski definition) is 8. The van der Waals surface area contributed by atoms with Crippen molar-refractivity contribution in [3.05, 3.63) is 62.7 Å². The summed E-state index contributed by atoms with van der Waals surface area (Å²) in [5, 5.41) is 11.0. The largest absolute Gasteiger partial charge is 0.460 e. The summed E-state index contributed by atoms with van der Waals surface area (Å²) in [6.07, 6.45) is 0.759. The van der Waals surface area contributed by atoms with Crippen LogP contribution in [0.25, 0.3) is 0 Å². The number of allylic oxidation sites excluding steroid dienone is 2. The number of methoxy groups -OCH3 is 1. The molecule has 2 N–H and O–H groups in total. The van der Waals surface area contributed by atoms with Crippen molar-refractivity contribution in [2.45, 2.75) is 32.6 Å². The van der Waals surface area contributed by atoms with E-state index in [0.717, 1.165) is 0 Å². The van der Waals surface area contributed by atoms with Crippen LogP contribution in [-0.4, -0.2) is 37.0 Å². The third kappa shape index (κ3) is 4.20. The Bertz CT molecular complexity index is 945. The molecule has 2 aliphatic rings. The van der Waals surface area contributed by atoms with Gasteiger partial charge in [-0.2, -0.15) is 0 Å². The fourth-order valence-electron chi connectivity index (χ4n) is 3.80. The summed E-state index contributed by atoms with van der Waals surface area (Å²) in [5.41, 5.74) is 6.56. The fourth-order valence-corrected chi connectivity index (χ4v) is 3.80. The van der Waals surface area contributed by atoms with Crippen LogP contribution < -0.4 is 5.73 Å². The van der Waals surface area contributed by atoms with Crippen LogP contribution in [0.4, 0.5) is 5.69 Å². The lowest BCUT2D eigenvalue weighted by Crippen LogP contribution is -2.35. The molecule has 0 saturated heterocycles. The maximum absolute atomic E-state index is 13.1. The first kappa shape index (κ1) is 21.5. The maximum Gasteiger partial charge on any atom is 0.340 e. The van der Waals surface area contributed by atoms with Gasteiger partial charge in [-0.1, -0.05) is 26.0 Å². The number of benzene rings is 1. The van der Waals surface area contributed by atoms with Crippen LogP contribution in [0.3, 0.4) is 0 Å². The van der Waals surface area contributed by atoms with Crippen LogP contribution in [-0.2, 0) is 23.8 Å². The molecule has 1 aliphatic carbocycles. The van der Waals surface area contributed by atoms with E-state index in [4.69, 9.17) is 19.9 Å². The second-order valence-electron chi connectivity index (χ2n) is 8.07. The molecule has 0 aromatic heterocycles. The molecule has 0 fully saturated rings. The molecule has 1 atom stereocenters. The first-order valence-electron chi connectivity index (χ1n) is 9.49. The topological polar surface area (TPSA) is 131 Å². The Morgan fingerprint density at radius 2 is 1.93 bits per heavy atom. The number of hydrogen-bond donors (Lipinski definition) is 1. The monoisotopic (exact) mass is 416 g/mol. The summed E-state index contributed by atoms with van der Waals surface area (Å²) in [6, 6.07) is 5.68. The standard InChI is InChI=1S/C21H24N2O7/c1-21(2)10-14(24)17-15(11-21)30-19(22)18(20(25)29-9-8-28-3)16(17)12-4-6-13(7-5-12)23(26)27/h4-7,16H,8-11,22H2,1-3H3/t16-/m1/s1. The van der Waals surface area contributed by atoms with E-state index in [0.29, 0.717) is 23.3 Å². The molecule has 160 valence electrons. The van der Waals surface area contributed by atoms with Gasteiger partial charge in [0.2, 0.25) is 5.88 Å². The molecule has 0 saturated carbocycles. The minimum atomic E-state index is -0.826. The smallest absolute Gasteiger partial charge is 0.340 e. The zero-order valence-corrected chi connectivity index (χ0v) is 17.1. The van der Waals surface area contributed by atoms with Crippen molar-refractivity contribution >= 4 is 17.4 Å². The van der Waals surface area contributed by atoms with Crippen molar-refractivity contribution in [2.75, 3.05) is 20.3 Å². The van der Waals surface area contributed by atoms with E-state index in [1.807, 2.05) is 13.8 Å². The van der Waals surface area contributed by atoms with E-state index in [1.54, 1.807) is 0 Å². The summed E-state index contributed by atoms with van der Waals surface area (Å²) in [6.45, 7) is 4.11. The molecular weight excluding hydrogens is 392 g/mol. The van der Waals surface area contributed by atoms with Crippen LogP contribution in [0.5, 0.6) is 0 Å². The molecule has 9 nitrogen and oxygen atoms in total. The highest BCUT2D eigenvalue weighted by Crippen LogP contribution is 2.48. The summed E-state index contributed by atoms with van der Waals surface area (Å²) >= 11 is 0. The lowest BCUT2D eigenvalue weighted by molar-refractivity contribution is -0.384. The molecular formula is C21H24N2O7. The maximum atomic E-state index is 13.1. The molecule has 0 unspecified atom stereocenters. The van der Waals surface area contributed by atoms with E-state index in [2.05, 4.69) is 0 Å². The molecule has 1 aromatic rings. The molecule has 0 bridgehead atoms. The van der Waals surface area contributed by atoms with E-state index in [9.17, 15) is 19.7 Å². The van der Waals surface area contributed by atoms with Gasteiger partial charge in [-0.3, -0.25) is 14.9 Å². The number of ketones is 1. The van der Waals surface area contributed by atoms with Crippen LogP contribution in [0.1, 0.15) is 38.2 Å². The number of esters is 1. The number of carbonyl (C=O) groups excluding carboxylic acids is 2. The van der Waals surface area contributed by atoms with Crippen molar-refractivity contribution in [3.63, 3.8) is 0 Å². The molecule has 1 aromatic carbocycles. The average Bonchev–Trinajstić information content (AvgIpc) is 2.66. The zero-order valence-electron chi connectivity index (χ0n) is 17.1. The van der Waals surface area contributed by atoms with Gasteiger partial charge in [0.1, 0.15) is 17.9 Å². The first-order chi connectivity index (χ1) is 14.1. The van der Waals surface area contributed by atoms with Gasteiger partial charge in [0.05, 0.1) is 17.4 Å². The van der Waals surface area contributed by atoms with Crippen LogP contribution in [0.15, 0.2) is 47.1 Å². The number of nitrogens with zero attached hydrogens (tertiary/aromatic N) is 1. The minimum absolute atomic E-state index is 0.00593. The molecule has 1 heterocycles. The summed E-state index contributed by atoms with van der Waals surface area (Å²) < 4.78 is 15.9. The highest BCUT2D eigenvalue weighted by atomic mass is 16.6. The van der Waals surface area contributed by atoms with Crippen molar-refractivity contribution in [3.8, 4) is 0 Å². The number of nitrogens with two attached hydrogens (primary N) is 1. The Balaban J connectivity index is 2.08. The minimum Gasteiger partial charge on any atom is -0.460 e. The molecule has 30 heavy (non-hydrogen) atoms. The third-order valence-electron chi connectivity index (χ3n) is 5.13. The average molecular weight is 416 g/mol. The Morgan fingerprint density at radius 1 is 1.27 bits per heavy atom. The van der Waals surface area contributed by atoms with Crippen molar-refractivity contribution in [2.24, 2.45) is 11.1 Å². The van der Waals surface area contributed by atoms with E-state index in [1.165, 1.54) is 31.4 Å². The van der Waals surface area contributed by atoms with Gasteiger partial charge in [0, 0.05) is 37.7 Å². The Labute approximate surface area is 173 Å². The lowest BCUT2D eigenvalue weighted by Gasteiger charge is -2.37. The SMILES string of the molecule is COCCOC(=O)C1=C(N)OC2=C(C(=O)CC(C)(C)C2)[C@H]1c1ccc([N+](=O)[O-])cc1. The van der Waals surface area contributed by atoms with Gasteiger partial charge < -0.3 is 19.9 Å². The van der Waals surface area contributed by atoms with Gasteiger partial charge in [0.25, 0.3) is 5.69 Å². The second-order valence-corrected chi connectivity index (χ2v) is 8.07. The Hall–Kier alpha value is -3.20. The van der Waals surface area contributed by atoms with Gasteiger partial charge in [0.15, 0.2) is 5.78 Å². The number of carbonyl (C=O) groups is 2. The van der Waals surface area contributed by atoms with Gasteiger partial charge >= 0.3 is 5.97 Å². The predicted octanol–water partition coefficient (Wildman–Crippen LogP) is 2.71. The summed E-state index contributed by atoms with van der Waals surface area (Å²) in [5.74, 6) is -1.42. The molecule has 0 spiro atoms. The molecule has 3 rings (SSSR count). The third-order valence-corrected chi connectivity index (χ3v) is 5.13. The van der Waals surface area contributed by atoms with Gasteiger partial charge in [-0.15, -0.1) is 0 Å². The number of Topliss-reactive ketones (excluding diaryl/α,β-unsaturated/α-hetero) is 1. The van der Waals surface area contributed by atoms with Crippen molar-refractivity contribution in [1.29, 1.82) is 0 Å². The number of nitro groups is 1. The summed E-state index contributed by atoms with van der Waals surface area (Å²) in [4.78, 5) is 36.4. The quantitative estimate of drug-likeness (QED) is 0.324. The highest BCUT2D eigenvalue weighted by Gasteiger charge is 2.45. The second kappa shape index (κ2) is 8.27.